The lowest BCUT2D eigenvalue weighted by molar-refractivity contribution is -0.128. The number of para-hydroxylation sites is 1. The van der Waals surface area contributed by atoms with Crippen LogP contribution in [0.25, 0.3) is 0 Å². The fraction of sp³-hybridized carbons (Fsp3) is 0.500. The number of rotatable bonds is 4. The summed E-state index contributed by atoms with van der Waals surface area (Å²) in [6.07, 6.45) is 0.119. The second-order valence-corrected chi connectivity index (χ2v) is 4.84. The second kappa shape index (κ2) is 5.40. The van der Waals surface area contributed by atoms with Gasteiger partial charge in [0.05, 0.1) is 0 Å². The van der Waals surface area contributed by atoms with E-state index in [1.807, 2.05) is 6.07 Å². The van der Waals surface area contributed by atoms with E-state index >= 15 is 0 Å². The molecule has 0 spiro atoms. The fourth-order valence-electron chi connectivity index (χ4n) is 2.42. The van der Waals surface area contributed by atoms with Gasteiger partial charge in [-0.25, -0.2) is 0 Å². The Hall–Kier alpha value is -1.55. The normalized spacial score (nSPS) is 19.5. The third-order valence-electron chi connectivity index (χ3n) is 3.38. The van der Waals surface area contributed by atoms with Crippen LogP contribution in [-0.2, 0) is 11.2 Å². The highest BCUT2D eigenvalue weighted by atomic mass is 16.3. The van der Waals surface area contributed by atoms with Crippen LogP contribution in [0.5, 0.6) is 0 Å². The Kier molecular flexibility index (Phi) is 3.87. The molecule has 18 heavy (non-hydrogen) atoms. The van der Waals surface area contributed by atoms with E-state index in [1.54, 1.807) is 0 Å². The smallest absolute Gasteiger partial charge is 0.248 e. The van der Waals surface area contributed by atoms with Crippen molar-refractivity contribution in [2.24, 2.45) is 0 Å². The second-order valence-electron chi connectivity index (χ2n) is 4.84. The Morgan fingerprint density at radius 3 is 3.00 bits per heavy atom. The molecule has 1 heterocycles. The summed E-state index contributed by atoms with van der Waals surface area (Å²) in [4.78, 5) is 13.6. The molecular formula is C14H20N2O2. The van der Waals surface area contributed by atoms with Gasteiger partial charge in [0, 0.05) is 24.8 Å². The lowest BCUT2D eigenvalue weighted by atomic mass is 10.1. The summed E-state index contributed by atoms with van der Waals surface area (Å²) in [6.45, 7) is 5.00. The van der Waals surface area contributed by atoms with Gasteiger partial charge in [-0.1, -0.05) is 18.2 Å². The summed E-state index contributed by atoms with van der Waals surface area (Å²) in [7, 11) is 0. The Morgan fingerprint density at radius 2 is 2.28 bits per heavy atom. The lowest BCUT2D eigenvalue weighted by Crippen LogP contribution is -2.40. The van der Waals surface area contributed by atoms with Crippen LogP contribution in [0.3, 0.4) is 0 Å². The number of anilines is 1. The summed E-state index contributed by atoms with van der Waals surface area (Å²) in [5.41, 5.74) is 2.63. The van der Waals surface area contributed by atoms with Crippen LogP contribution in [-0.4, -0.2) is 36.2 Å². The van der Waals surface area contributed by atoms with Crippen molar-refractivity contribution < 1.29 is 9.90 Å². The van der Waals surface area contributed by atoms with E-state index < -0.39 is 6.10 Å². The van der Waals surface area contributed by atoms with Crippen LogP contribution in [0.15, 0.2) is 24.3 Å². The number of carbonyl (C=O) groups is 1. The van der Waals surface area contributed by atoms with Gasteiger partial charge in [0.25, 0.3) is 0 Å². The number of fused-ring (bicyclic) bond motifs is 1. The van der Waals surface area contributed by atoms with Crippen molar-refractivity contribution in [3.8, 4) is 0 Å². The minimum atomic E-state index is -0.937. The molecule has 1 aromatic rings. The molecule has 0 radical (unpaired) electrons. The van der Waals surface area contributed by atoms with Gasteiger partial charge >= 0.3 is 0 Å². The average molecular weight is 248 g/mol. The molecule has 0 aliphatic carbocycles. The Balaban J connectivity index is 1.92. The first kappa shape index (κ1) is 12.9. The van der Waals surface area contributed by atoms with E-state index in [0.29, 0.717) is 12.6 Å². The molecule has 2 atom stereocenters. The van der Waals surface area contributed by atoms with Gasteiger partial charge in [-0.3, -0.25) is 4.79 Å². The molecule has 2 rings (SSSR count). The van der Waals surface area contributed by atoms with Crippen LogP contribution in [0.4, 0.5) is 5.69 Å². The third kappa shape index (κ3) is 2.64. The maximum Gasteiger partial charge on any atom is 0.248 e. The molecule has 1 aromatic carbocycles. The van der Waals surface area contributed by atoms with Gasteiger partial charge < -0.3 is 15.3 Å². The molecule has 1 aliphatic heterocycles. The van der Waals surface area contributed by atoms with Crippen LogP contribution in [0.2, 0.25) is 0 Å². The van der Waals surface area contributed by atoms with Crippen molar-refractivity contribution >= 4 is 11.6 Å². The standard InChI is InChI=1S/C14H20N2O2/c1-10-9-12-5-3-4-6-13(12)16(10)8-7-15-14(18)11(2)17/h3-6,10-11,17H,7-9H2,1-2H3,(H,15,18). The Labute approximate surface area is 108 Å². The van der Waals surface area contributed by atoms with Crippen molar-refractivity contribution in [3.63, 3.8) is 0 Å². The van der Waals surface area contributed by atoms with E-state index in [0.717, 1.165) is 13.0 Å². The number of hydrogen-bond acceptors (Lipinski definition) is 3. The minimum absolute atomic E-state index is 0.310. The maximum atomic E-state index is 11.3. The van der Waals surface area contributed by atoms with Gasteiger partial charge in [0.1, 0.15) is 6.10 Å². The van der Waals surface area contributed by atoms with Crippen molar-refractivity contribution in [2.75, 3.05) is 18.0 Å². The molecule has 0 saturated carbocycles. The summed E-state index contributed by atoms with van der Waals surface area (Å²) in [5, 5.41) is 11.8. The van der Waals surface area contributed by atoms with Crippen molar-refractivity contribution in [1.29, 1.82) is 0 Å². The van der Waals surface area contributed by atoms with Crippen LogP contribution in [0, 0.1) is 0 Å². The molecular weight excluding hydrogens is 228 g/mol. The zero-order chi connectivity index (χ0) is 13.1. The first-order valence-corrected chi connectivity index (χ1v) is 6.40. The molecule has 2 N–H and O–H groups in total. The summed E-state index contributed by atoms with van der Waals surface area (Å²) < 4.78 is 0. The summed E-state index contributed by atoms with van der Waals surface area (Å²) in [6, 6.07) is 8.84. The largest absolute Gasteiger partial charge is 0.384 e. The average Bonchev–Trinajstić information content (AvgIpc) is 2.65. The molecule has 1 aliphatic rings. The maximum absolute atomic E-state index is 11.3. The zero-order valence-corrected chi connectivity index (χ0v) is 10.9. The zero-order valence-electron chi connectivity index (χ0n) is 10.9. The first-order valence-electron chi connectivity index (χ1n) is 6.40. The van der Waals surface area contributed by atoms with Gasteiger partial charge in [-0.05, 0) is 31.9 Å². The Bertz CT molecular complexity index is 432. The van der Waals surface area contributed by atoms with Gasteiger partial charge in [-0.15, -0.1) is 0 Å². The van der Waals surface area contributed by atoms with E-state index in [1.165, 1.54) is 18.2 Å². The number of amides is 1. The Morgan fingerprint density at radius 1 is 1.56 bits per heavy atom. The van der Waals surface area contributed by atoms with Crippen molar-refractivity contribution in [3.05, 3.63) is 29.8 Å². The molecule has 0 bridgehead atoms. The van der Waals surface area contributed by atoms with Gasteiger partial charge in [0.15, 0.2) is 0 Å². The predicted molar refractivity (Wildman–Crippen MR) is 71.6 cm³/mol. The van der Waals surface area contributed by atoms with Crippen molar-refractivity contribution in [2.45, 2.75) is 32.4 Å². The molecule has 0 fully saturated rings. The molecule has 0 aromatic heterocycles. The summed E-state index contributed by atoms with van der Waals surface area (Å²) in [5.74, 6) is -0.310. The number of hydrogen-bond donors (Lipinski definition) is 2. The number of nitrogens with zero attached hydrogens (tertiary/aromatic N) is 1. The highest BCUT2D eigenvalue weighted by Gasteiger charge is 2.24. The van der Waals surface area contributed by atoms with Crippen LogP contribution < -0.4 is 10.2 Å². The van der Waals surface area contributed by atoms with E-state index in [-0.39, 0.29) is 5.91 Å². The van der Waals surface area contributed by atoms with E-state index in [2.05, 4.69) is 35.3 Å². The monoisotopic (exact) mass is 248 g/mol. The summed E-state index contributed by atoms with van der Waals surface area (Å²) >= 11 is 0. The molecule has 4 nitrogen and oxygen atoms in total. The first-order chi connectivity index (χ1) is 8.59. The SMILES string of the molecule is CC(O)C(=O)NCCN1c2ccccc2CC1C. The highest BCUT2D eigenvalue weighted by molar-refractivity contribution is 5.80. The van der Waals surface area contributed by atoms with Crippen LogP contribution in [0.1, 0.15) is 19.4 Å². The lowest BCUT2D eigenvalue weighted by Gasteiger charge is -2.25. The van der Waals surface area contributed by atoms with E-state index in [4.69, 9.17) is 5.11 Å². The molecule has 98 valence electrons. The molecule has 4 heteroatoms. The predicted octanol–water partition coefficient (Wildman–Crippen LogP) is 0.935. The number of nitrogens with one attached hydrogen (secondary N) is 1. The quantitative estimate of drug-likeness (QED) is 0.833. The number of carbonyl (C=O) groups excluding carboxylic acids is 1. The van der Waals surface area contributed by atoms with E-state index in [9.17, 15) is 4.79 Å². The molecule has 1 amide bonds. The number of aliphatic hydroxyl groups is 1. The van der Waals surface area contributed by atoms with Crippen LogP contribution >= 0.6 is 0 Å². The highest BCUT2D eigenvalue weighted by Crippen LogP contribution is 2.30. The molecule has 2 unspecified atom stereocenters. The topological polar surface area (TPSA) is 52.6 Å². The number of benzene rings is 1. The number of aliphatic hydroxyl groups excluding tert-OH is 1. The van der Waals surface area contributed by atoms with Gasteiger partial charge in [0.2, 0.25) is 5.91 Å². The van der Waals surface area contributed by atoms with Crippen molar-refractivity contribution in [1.82, 2.24) is 5.32 Å². The van der Waals surface area contributed by atoms with Gasteiger partial charge in [-0.2, -0.15) is 0 Å². The molecule has 0 saturated heterocycles. The fourth-order valence-corrected chi connectivity index (χ4v) is 2.42. The minimum Gasteiger partial charge on any atom is -0.384 e. The third-order valence-corrected chi connectivity index (χ3v) is 3.38.